The van der Waals surface area contributed by atoms with Crippen LogP contribution in [0.2, 0.25) is 0 Å². The lowest BCUT2D eigenvalue weighted by atomic mass is 10.1. The second-order valence-electron chi connectivity index (χ2n) is 6.78. The van der Waals surface area contributed by atoms with Crippen LogP contribution in [0, 0.1) is 5.92 Å². The van der Waals surface area contributed by atoms with Gasteiger partial charge in [0, 0.05) is 39.9 Å². The van der Waals surface area contributed by atoms with Crippen LogP contribution in [0.5, 0.6) is 0 Å². The minimum absolute atomic E-state index is 0. The fourth-order valence-corrected chi connectivity index (χ4v) is 2.45. The summed E-state index contributed by atoms with van der Waals surface area (Å²) in [7, 11) is 5.98. The zero-order chi connectivity index (χ0) is 17.2. The van der Waals surface area contributed by atoms with Gasteiger partial charge in [-0.1, -0.05) is 24.3 Å². The molecule has 0 bridgehead atoms. The van der Waals surface area contributed by atoms with Gasteiger partial charge in [-0.25, -0.2) is 0 Å². The van der Waals surface area contributed by atoms with Crippen molar-refractivity contribution in [3.05, 3.63) is 35.4 Å². The Balaban J connectivity index is 0.00000312. The van der Waals surface area contributed by atoms with Gasteiger partial charge in [0.2, 0.25) is 0 Å². The molecule has 0 aromatic heterocycles. The van der Waals surface area contributed by atoms with Crippen LogP contribution in [0.15, 0.2) is 29.3 Å². The number of benzene rings is 1. The monoisotopic (exact) mass is 460 g/mol. The third kappa shape index (κ3) is 10.0. The third-order valence-corrected chi connectivity index (χ3v) is 4.01. The van der Waals surface area contributed by atoms with E-state index in [0.29, 0.717) is 0 Å². The smallest absolute Gasteiger partial charge is 0.191 e. The summed E-state index contributed by atoms with van der Waals surface area (Å²) in [4.78, 5) is 6.44. The predicted molar refractivity (Wildman–Crippen MR) is 116 cm³/mol. The number of rotatable bonds is 10. The Kier molecular flexibility index (Phi) is 11.1. The quantitative estimate of drug-likeness (QED) is 0.244. The molecule has 0 atom stereocenters. The van der Waals surface area contributed by atoms with Crippen molar-refractivity contribution in [2.24, 2.45) is 10.9 Å². The van der Waals surface area contributed by atoms with Gasteiger partial charge in [-0.3, -0.25) is 4.99 Å². The van der Waals surface area contributed by atoms with Gasteiger partial charge in [0.05, 0.1) is 0 Å². The zero-order valence-electron chi connectivity index (χ0n) is 15.8. The standard InChI is InChI=1S/C19H32N4O.HI/c1-20-19(21-11-4-12-24-15-18-9-10-18)22-13-16-5-7-17(8-6-16)14-23(2)3;/h5-8,18H,4,9-15H2,1-3H3,(H2,20,21,22);1H. The van der Waals surface area contributed by atoms with Gasteiger partial charge < -0.3 is 20.3 Å². The minimum Gasteiger partial charge on any atom is -0.381 e. The van der Waals surface area contributed by atoms with Gasteiger partial charge in [0.25, 0.3) is 0 Å². The molecule has 0 radical (unpaired) electrons. The van der Waals surface area contributed by atoms with E-state index in [4.69, 9.17) is 4.74 Å². The number of aliphatic imine (C=N–C) groups is 1. The Morgan fingerprint density at radius 3 is 2.44 bits per heavy atom. The van der Waals surface area contributed by atoms with Crippen LogP contribution in [-0.4, -0.2) is 51.8 Å². The van der Waals surface area contributed by atoms with Crippen molar-refractivity contribution in [2.45, 2.75) is 32.4 Å². The van der Waals surface area contributed by atoms with E-state index in [1.807, 2.05) is 0 Å². The third-order valence-electron chi connectivity index (χ3n) is 4.01. The molecule has 142 valence electrons. The van der Waals surface area contributed by atoms with Crippen LogP contribution < -0.4 is 10.6 Å². The Morgan fingerprint density at radius 1 is 1.16 bits per heavy atom. The molecule has 1 aromatic carbocycles. The maximum atomic E-state index is 5.64. The van der Waals surface area contributed by atoms with E-state index in [1.165, 1.54) is 24.0 Å². The average Bonchev–Trinajstić information content (AvgIpc) is 3.38. The topological polar surface area (TPSA) is 48.9 Å². The maximum absolute atomic E-state index is 5.64. The van der Waals surface area contributed by atoms with Crippen LogP contribution >= 0.6 is 24.0 Å². The molecule has 0 heterocycles. The SMILES string of the molecule is CN=C(NCCCOCC1CC1)NCc1ccc(CN(C)C)cc1.I. The van der Waals surface area contributed by atoms with E-state index in [2.05, 4.69) is 58.9 Å². The maximum Gasteiger partial charge on any atom is 0.191 e. The molecule has 5 nitrogen and oxygen atoms in total. The number of halogens is 1. The van der Waals surface area contributed by atoms with E-state index in [9.17, 15) is 0 Å². The highest BCUT2D eigenvalue weighted by molar-refractivity contribution is 14.0. The summed E-state index contributed by atoms with van der Waals surface area (Å²) >= 11 is 0. The van der Waals surface area contributed by atoms with Crippen molar-refractivity contribution in [3.8, 4) is 0 Å². The second-order valence-corrected chi connectivity index (χ2v) is 6.78. The molecular formula is C19H33IN4O. The first-order valence-corrected chi connectivity index (χ1v) is 8.92. The Labute approximate surface area is 169 Å². The summed E-state index contributed by atoms with van der Waals surface area (Å²) in [6, 6.07) is 8.71. The number of guanidine groups is 1. The lowest BCUT2D eigenvalue weighted by molar-refractivity contribution is 0.123. The van der Waals surface area contributed by atoms with Crippen LogP contribution in [0.1, 0.15) is 30.4 Å². The predicted octanol–water partition coefficient (Wildman–Crippen LogP) is 2.85. The summed E-state index contributed by atoms with van der Waals surface area (Å²) in [5, 5.41) is 6.69. The molecule has 6 heteroatoms. The van der Waals surface area contributed by atoms with Crippen molar-refractivity contribution < 1.29 is 4.74 Å². The molecule has 1 aromatic rings. The Bertz CT molecular complexity index is 501. The molecule has 1 aliphatic rings. The molecule has 0 spiro atoms. The van der Waals surface area contributed by atoms with Gasteiger partial charge in [0.1, 0.15) is 0 Å². The number of hydrogen-bond donors (Lipinski definition) is 2. The van der Waals surface area contributed by atoms with E-state index < -0.39 is 0 Å². The van der Waals surface area contributed by atoms with Gasteiger partial charge in [-0.2, -0.15) is 0 Å². The number of hydrogen-bond acceptors (Lipinski definition) is 3. The van der Waals surface area contributed by atoms with Crippen LogP contribution in [0.4, 0.5) is 0 Å². The summed E-state index contributed by atoms with van der Waals surface area (Å²) in [5.74, 6) is 1.69. The minimum atomic E-state index is 0. The fraction of sp³-hybridized carbons (Fsp3) is 0.632. The van der Waals surface area contributed by atoms with Gasteiger partial charge in [-0.05, 0) is 50.4 Å². The number of nitrogens with zero attached hydrogens (tertiary/aromatic N) is 2. The molecule has 0 saturated heterocycles. The van der Waals surface area contributed by atoms with Crippen LogP contribution in [-0.2, 0) is 17.8 Å². The molecule has 2 N–H and O–H groups in total. The van der Waals surface area contributed by atoms with E-state index >= 15 is 0 Å². The van der Waals surface area contributed by atoms with Crippen molar-refractivity contribution in [1.29, 1.82) is 0 Å². The van der Waals surface area contributed by atoms with E-state index in [-0.39, 0.29) is 24.0 Å². The van der Waals surface area contributed by atoms with Crippen LogP contribution in [0.25, 0.3) is 0 Å². The highest BCUT2D eigenvalue weighted by Gasteiger charge is 2.20. The molecule has 1 aliphatic carbocycles. The molecule has 2 rings (SSSR count). The molecule has 25 heavy (non-hydrogen) atoms. The van der Waals surface area contributed by atoms with Crippen molar-refractivity contribution in [1.82, 2.24) is 15.5 Å². The normalized spacial score (nSPS) is 14.3. The molecular weight excluding hydrogens is 427 g/mol. The largest absolute Gasteiger partial charge is 0.381 e. The highest BCUT2D eigenvalue weighted by Crippen LogP contribution is 2.28. The number of nitrogens with one attached hydrogen (secondary N) is 2. The van der Waals surface area contributed by atoms with Gasteiger partial charge >= 0.3 is 0 Å². The van der Waals surface area contributed by atoms with E-state index in [0.717, 1.165) is 51.1 Å². The van der Waals surface area contributed by atoms with Gasteiger partial charge in [-0.15, -0.1) is 24.0 Å². The first-order valence-electron chi connectivity index (χ1n) is 8.92. The summed E-state index contributed by atoms with van der Waals surface area (Å²) in [5.41, 5.74) is 2.59. The first-order chi connectivity index (χ1) is 11.7. The lowest BCUT2D eigenvalue weighted by Gasteiger charge is -2.13. The van der Waals surface area contributed by atoms with Crippen molar-refractivity contribution in [2.75, 3.05) is 40.9 Å². The second kappa shape index (κ2) is 12.5. The fourth-order valence-electron chi connectivity index (χ4n) is 2.45. The molecule has 0 unspecified atom stereocenters. The number of ether oxygens (including phenoxy) is 1. The van der Waals surface area contributed by atoms with E-state index in [1.54, 1.807) is 7.05 Å². The van der Waals surface area contributed by atoms with Gasteiger partial charge in [0.15, 0.2) is 5.96 Å². The molecule has 1 fully saturated rings. The van der Waals surface area contributed by atoms with Crippen molar-refractivity contribution in [3.63, 3.8) is 0 Å². The summed E-state index contributed by atoms with van der Waals surface area (Å²) < 4.78 is 5.64. The molecule has 0 amide bonds. The van der Waals surface area contributed by atoms with Crippen molar-refractivity contribution >= 4 is 29.9 Å². The Hall–Kier alpha value is -0.860. The molecule has 0 aliphatic heterocycles. The van der Waals surface area contributed by atoms with Crippen LogP contribution in [0.3, 0.4) is 0 Å². The Morgan fingerprint density at radius 2 is 1.84 bits per heavy atom. The molecule has 1 saturated carbocycles. The summed E-state index contributed by atoms with van der Waals surface area (Å²) in [6.45, 7) is 4.40. The lowest BCUT2D eigenvalue weighted by Crippen LogP contribution is -2.37. The zero-order valence-corrected chi connectivity index (χ0v) is 18.1. The highest BCUT2D eigenvalue weighted by atomic mass is 127. The summed E-state index contributed by atoms with van der Waals surface area (Å²) in [6.07, 6.45) is 3.71. The first kappa shape index (κ1) is 22.2. The average molecular weight is 460 g/mol.